The van der Waals surface area contributed by atoms with Crippen molar-refractivity contribution >= 4 is 17.5 Å². The highest BCUT2D eigenvalue weighted by molar-refractivity contribution is 6.30. The number of hydrogen-bond acceptors (Lipinski definition) is 1. The van der Waals surface area contributed by atoms with Gasteiger partial charge < -0.3 is 5.32 Å². The van der Waals surface area contributed by atoms with Crippen molar-refractivity contribution in [3.63, 3.8) is 0 Å². The lowest BCUT2D eigenvalue weighted by atomic mass is 10.1. The van der Waals surface area contributed by atoms with Gasteiger partial charge in [-0.25, -0.2) is 8.78 Å². The lowest BCUT2D eigenvalue weighted by Crippen LogP contribution is -2.22. The van der Waals surface area contributed by atoms with Crippen LogP contribution >= 0.6 is 11.6 Å². The van der Waals surface area contributed by atoms with E-state index in [0.29, 0.717) is 0 Å². The van der Waals surface area contributed by atoms with Gasteiger partial charge in [0.25, 0.3) is 0 Å². The molecule has 1 aromatic carbocycles. The lowest BCUT2D eigenvalue weighted by molar-refractivity contribution is -0.120. The predicted octanol–water partition coefficient (Wildman–Crippen LogP) is 1.99. The first-order valence-electron chi connectivity index (χ1n) is 3.87. The van der Waals surface area contributed by atoms with Crippen LogP contribution in [0.1, 0.15) is 10.9 Å². The first-order valence-corrected chi connectivity index (χ1v) is 4.30. The molecular formula is C9H8ClF2NO. The maximum Gasteiger partial charge on any atom is 0.242 e. The third kappa shape index (κ3) is 2.20. The average molecular weight is 220 g/mol. The fraction of sp³-hybridized carbons (Fsp3) is 0.222. The molecule has 0 fully saturated rings. The van der Waals surface area contributed by atoms with Crippen molar-refractivity contribution in [2.24, 2.45) is 0 Å². The number of likely N-dealkylation sites (N-methyl/N-ethyl adjacent to an activating group) is 1. The smallest absolute Gasteiger partial charge is 0.242 e. The van der Waals surface area contributed by atoms with Gasteiger partial charge in [-0.1, -0.05) is 6.07 Å². The van der Waals surface area contributed by atoms with Crippen LogP contribution in [0.4, 0.5) is 8.78 Å². The lowest BCUT2D eigenvalue weighted by Gasteiger charge is -2.07. The van der Waals surface area contributed by atoms with Crippen LogP contribution < -0.4 is 5.32 Å². The zero-order valence-electron chi connectivity index (χ0n) is 7.35. The van der Waals surface area contributed by atoms with Gasteiger partial charge in [0.05, 0.1) is 0 Å². The van der Waals surface area contributed by atoms with Crippen molar-refractivity contribution in [1.82, 2.24) is 5.32 Å². The van der Waals surface area contributed by atoms with Crippen LogP contribution in [0.5, 0.6) is 0 Å². The normalized spacial score (nSPS) is 12.3. The highest BCUT2D eigenvalue weighted by atomic mass is 35.5. The molecule has 0 aliphatic heterocycles. The summed E-state index contributed by atoms with van der Waals surface area (Å²) in [6.45, 7) is 0. The molecular weight excluding hydrogens is 212 g/mol. The Hall–Kier alpha value is -1.16. The van der Waals surface area contributed by atoms with Crippen LogP contribution in [0.2, 0.25) is 0 Å². The first-order chi connectivity index (χ1) is 6.56. The Morgan fingerprint density at radius 3 is 2.57 bits per heavy atom. The molecule has 1 N–H and O–H groups in total. The Bertz CT molecular complexity index is 357. The van der Waals surface area contributed by atoms with E-state index in [9.17, 15) is 13.6 Å². The number of nitrogens with one attached hydrogen (secondary N) is 1. The summed E-state index contributed by atoms with van der Waals surface area (Å²) in [7, 11) is 1.41. The zero-order valence-corrected chi connectivity index (χ0v) is 8.11. The number of carbonyl (C=O) groups excluding carboxylic acids is 1. The van der Waals surface area contributed by atoms with Crippen LogP contribution in [0.25, 0.3) is 0 Å². The third-order valence-electron chi connectivity index (χ3n) is 1.71. The number of halogens is 3. The largest absolute Gasteiger partial charge is 0.358 e. The van der Waals surface area contributed by atoms with Crippen molar-refractivity contribution in [3.05, 3.63) is 35.4 Å². The van der Waals surface area contributed by atoms with Gasteiger partial charge in [-0.05, 0) is 17.7 Å². The summed E-state index contributed by atoms with van der Waals surface area (Å²) in [4.78, 5) is 11.0. The van der Waals surface area contributed by atoms with Crippen molar-refractivity contribution in [1.29, 1.82) is 0 Å². The van der Waals surface area contributed by atoms with Gasteiger partial charge in [0.15, 0.2) is 11.6 Å². The molecule has 76 valence electrons. The highest BCUT2D eigenvalue weighted by Gasteiger charge is 2.17. The maximum atomic E-state index is 12.7. The molecule has 0 saturated carbocycles. The zero-order chi connectivity index (χ0) is 10.7. The Morgan fingerprint density at radius 1 is 1.43 bits per heavy atom. The van der Waals surface area contributed by atoms with Crippen molar-refractivity contribution in [3.8, 4) is 0 Å². The second kappa shape index (κ2) is 4.37. The number of hydrogen-bond donors (Lipinski definition) is 1. The number of amides is 1. The molecule has 1 atom stereocenters. The minimum absolute atomic E-state index is 0.227. The Labute approximate surface area is 84.9 Å². The van der Waals surface area contributed by atoms with Gasteiger partial charge in [-0.3, -0.25) is 4.79 Å². The summed E-state index contributed by atoms with van der Waals surface area (Å²) in [5.74, 6) is -2.44. The van der Waals surface area contributed by atoms with Crippen LogP contribution in [0, 0.1) is 11.6 Å². The van der Waals surface area contributed by atoms with E-state index in [-0.39, 0.29) is 5.56 Å². The molecule has 0 bridgehead atoms. The van der Waals surface area contributed by atoms with Crippen LogP contribution in [-0.2, 0) is 4.79 Å². The topological polar surface area (TPSA) is 29.1 Å². The molecule has 1 rings (SSSR count). The van der Waals surface area contributed by atoms with E-state index in [4.69, 9.17) is 11.6 Å². The van der Waals surface area contributed by atoms with Crippen LogP contribution in [0.3, 0.4) is 0 Å². The molecule has 0 aliphatic rings. The molecule has 1 amide bonds. The number of benzene rings is 1. The SMILES string of the molecule is CNC(=O)C(Cl)c1ccc(F)c(F)c1. The number of carbonyl (C=O) groups is 1. The standard InChI is InChI=1S/C9H8ClF2NO/c1-13-9(14)8(10)5-2-3-6(11)7(12)4-5/h2-4,8H,1H3,(H,13,14). The molecule has 14 heavy (non-hydrogen) atoms. The molecule has 5 heteroatoms. The molecule has 2 nitrogen and oxygen atoms in total. The minimum atomic E-state index is -1.02. The number of alkyl halides is 1. The fourth-order valence-corrected chi connectivity index (χ4v) is 1.19. The molecule has 0 radical (unpaired) electrons. The van der Waals surface area contributed by atoms with Gasteiger partial charge >= 0.3 is 0 Å². The van der Waals surface area contributed by atoms with E-state index in [2.05, 4.69) is 5.32 Å². The van der Waals surface area contributed by atoms with Gasteiger partial charge in [0, 0.05) is 7.05 Å². The minimum Gasteiger partial charge on any atom is -0.358 e. The van der Waals surface area contributed by atoms with E-state index >= 15 is 0 Å². The van der Waals surface area contributed by atoms with E-state index in [1.54, 1.807) is 0 Å². The summed E-state index contributed by atoms with van der Waals surface area (Å²) in [6.07, 6.45) is 0. The third-order valence-corrected chi connectivity index (χ3v) is 2.16. The highest BCUT2D eigenvalue weighted by Crippen LogP contribution is 2.22. The van der Waals surface area contributed by atoms with Crippen LogP contribution in [0.15, 0.2) is 18.2 Å². The Balaban J connectivity index is 2.96. The summed E-state index contributed by atoms with van der Waals surface area (Å²) in [5.41, 5.74) is 0.227. The van der Waals surface area contributed by atoms with Gasteiger partial charge in [0.2, 0.25) is 5.91 Å². The second-order valence-electron chi connectivity index (χ2n) is 2.65. The fourth-order valence-electron chi connectivity index (χ4n) is 0.948. The van der Waals surface area contributed by atoms with Crippen LogP contribution in [-0.4, -0.2) is 13.0 Å². The second-order valence-corrected chi connectivity index (χ2v) is 3.09. The summed E-state index contributed by atoms with van der Waals surface area (Å²) < 4.78 is 25.3. The molecule has 1 aromatic rings. The van der Waals surface area contributed by atoms with E-state index in [1.807, 2.05) is 0 Å². The van der Waals surface area contributed by atoms with Crippen molar-refractivity contribution < 1.29 is 13.6 Å². The van der Waals surface area contributed by atoms with Gasteiger partial charge in [0.1, 0.15) is 5.38 Å². The Kier molecular flexibility index (Phi) is 3.41. The van der Waals surface area contributed by atoms with E-state index < -0.39 is 22.9 Å². The monoisotopic (exact) mass is 219 g/mol. The molecule has 0 aliphatic carbocycles. The quantitative estimate of drug-likeness (QED) is 0.758. The summed E-state index contributed by atoms with van der Waals surface area (Å²) in [5, 5.41) is 1.31. The first kappa shape index (κ1) is 10.9. The molecule has 0 saturated heterocycles. The molecule has 0 aromatic heterocycles. The van der Waals surface area contributed by atoms with Gasteiger partial charge in [-0.15, -0.1) is 11.6 Å². The predicted molar refractivity (Wildman–Crippen MR) is 49.0 cm³/mol. The summed E-state index contributed by atoms with van der Waals surface area (Å²) >= 11 is 5.68. The number of rotatable bonds is 2. The van der Waals surface area contributed by atoms with E-state index in [1.165, 1.54) is 13.1 Å². The Morgan fingerprint density at radius 2 is 2.07 bits per heavy atom. The van der Waals surface area contributed by atoms with E-state index in [0.717, 1.165) is 12.1 Å². The van der Waals surface area contributed by atoms with Crippen molar-refractivity contribution in [2.45, 2.75) is 5.38 Å². The molecule has 1 unspecified atom stereocenters. The molecule has 0 heterocycles. The van der Waals surface area contributed by atoms with Gasteiger partial charge in [-0.2, -0.15) is 0 Å². The van der Waals surface area contributed by atoms with Crippen molar-refractivity contribution in [2.75, 3.05) is 7.05 Å². The summed E-state index contributed by atoms with van der Waals surface area (Å²) in [6, 6.07) is 3.11. The maximum absolute atomic E-state index is 12.7. The molecule has 0 spiro atoms. The average Bonchev–Trinajstić information content (AvgIpc) is 2.20.